The molecule has 0 atom stereocenters. The Morgan fingerprint density at radius 2 is 2.14 bits per heavy atom. The maximum atomic E-state index is 11.7. The standard InChI is InChI=1S/C15H21ClN2O2.ClH/c1-10(2)20-14-6-5-12(7-13(14)16)18-15(19)9-17-8-11-3-4-11;/h5-7,10-11,17H,3-4,8-9H2,1-2H3,(H,18,19);1H. The predicted molar refractivity (Wildman–Crippen MR) is 88.7 cm³/mol. The number of amides is 1. The molecule has 1 saturated carbocycles. The molecule has 1 amide bonds. The Labute approximate surface area is 137 Å². The van der Waals surface area contributed by atoms with Crippen LogP contribution < -0.4 is 15.4 Å². The van der Waals surface area contributed by atoms with Crippen molar-refractivity contribution < 1.29 is 9.53 Å². The van der Waals surface area contributed by atoms with E-state index in [4.69, 9.17) is 16.3 Å². The van der Waals surface area contributed by atoms with Crippen LogP contribution in [0, 0.1) is 5.92 Å². The van der Waals surface area contributed by atoms with Crippen LogP contribution in [0.1, 0.15) is 26.7 Å². The Balaban J connectivity index is 0.00000220. The second-order valence-electron chi connectivity index (χ2n) is 5.43. The number of hydrogen-bond acceptors (Lipinski definition) is 3. The van der Waals surface area contributed by atoms with E-state index in [1.165, 1.54) is 12.8 Å². The zero-order chi connectivity index (χ0) is 14.5. The number of carbonyl (C=O) groups is 1. The molecule has 118 valence electrons. The molecule has 6 heteroatoms. The molecule has 1 aliphatic carbocycles. The van der Waals surface area contributed by atoms with E-state index in [1.807, 2.05) is 13.8 Å². The van der Waals surface area contributed by atoms with Gasteiger partial charge in [-0.1, -0.05) is 11.6 Å². The fourth-order valence-electron chi connectivity index (χ4n) is 1.85. The van der Waals surface area contributed by atoms with E-state index in [1.54, 1.807) is 18.2 Å². The summed E-state index contributed by atoms with van der Waals surface area (Å²) < 4.78 is 5.55. The van der Waals surface area contributed by atoms with Gasteiger partial charge in [-0.25, -0.2) is 0 Å². The molecule has 4 nitrogen and oxygen atoms in total. The molecule has 2 N–H and O–H groups in total. The summed E-state index contributed by atoms with van der Waals surface area (Å²) in [5.74, 6) is 1.34. The third kappa shape index (κ3) is 6.55. The second kappa shape index (κ2) is 8.47. The van der Waals surface area contributed by atoms with Crippen LogP contribution in [0.15, 0.2) is 18.2 Å². The van der Waals surface area contributed by atoms with E-state index in [0.717, 1.165) is 12.5 Å². The van der Waals surface area contributed by atoms with Crippen molar-refractivity contribution >= 4 is 35.6 Å². The predicted octanol–water partition coefficient (Wildman–Crippen LogP) is 3.49. The number of rotatable bonds is 7. The SMILES string of the molecule is CC(C)Oc1ccc(NC(=O)CNCC2CC2)cc1Cl.Cl. The van der Waals surface area contributed by atoms with Crippen LogP contribution in [0.25, 0.3) is 0 Å². The average molecular weight is 333 g/mol. The third-order valence-electron chi connectivity index (χ3n) is 2.99. The second-order valence-corrected chi connectivity index (χ2v) is 5.84. The van der Waals surface area contributed by atoms with E-state index in [2.05, 4.69) is 10.6 Å². The van der Waals surface area contributed by atoms with Crippen LogP contribution >= 0.6 is 24.0 Å². The number of ether oxygens (including phenoxy) is 1. The first-order valence-corrected chi connectivity index (χ1v) is 7.39. The van der Waals surface area contributed by atoms with Crippen LogP contribution in [0.3, 0.4) is 0 Å². The lowest BCUT2D eigenvalue weighted by Crippen LogP contribution is -2.29. The minimum atomic E-state index is -0.0563. The summed E-state index contributed by atoms with van der Waals surface area (Å²) in [6.45, 7) is 5.14. The van der Waals surface area contributed by atoms with Crippen molar-refractivity contribution in [3.63, 3.8) is 0 Å². The van der Waals surface area contributed by atoms with Crippen LogP contribution in [-0.4, -0.2) is 25.1 Å². The lowest BCUT2D eigenvalue weighted by molar-refractivity contribution is -0.115. The molecule has 0 aliphatic heterocycles. The maximum Gasteiger partial charge on any atom is 0.238 e. The Morgan fingerprint density at radius 1 is 1.43 bits per heavy atom. The van der Waals surface area contributed by atoms with E-state index >= 15 is 0 Å². The molecule has 0 radical (unpaired) electrons. The van der Waals surface area contributed by atoms with Crippen molar-refractivity contribution in [1.82, 2.24) is 5.32 Å². The maximum absolute atomic E-state index is 11.7. The number of nitrogens with one attached hydrogen (secondary N) is 2. The molecule has 1 aromatic carbocycles. The van der Waals surface area contributed by atoms with Crippen molar-refractivity contribution in [2.45, 2.75) is 32.8 Å². The zero-order valence-electron chi connectivity index (χ0n) is 12.3. The van der Waals surface area contributed by atoms with Crippen molar-refractivity contribution in [2.24, 2.45) is 5.92 Å². The van der Waals surface area contributed by atoms with Gasteiger partial charge in [-0.2, -0.15) is 0 Å². The lowest BCUT2D eigenvalue weighted by Gasteiger charge is -2.13. The zero-order valence-corrected chi connectivity index (χ0v) is 13.9. The van der Waals surface area contributed by atoms with Gasteiger partial charge in [-0.3, -0.25) is 4.79 Å². The van der Waals surface area contributed by atoms with Crippen LogP contribution in [0.4, 0.5) is 5.69 Å². The van der Waals surface area contributed by atoms with Crippen LogP contribution in [0.2, 0.25) is 5.02 Å². The van der Waals surface area contributed by atoms with Gasteiger partial charge in [0.1, 0.15) is 5.75 Å². The normalized spacial score (nSPS) is 13.7. The molecule has 1 aliphatic rings. The van der Waals surface area contributed by atoms with Crippen LogP contribution in [-0.2, 0) is 4.79 Å². The topological polar surface area (TPSA) is 50.4 Å². The first-order valence-electron chi connectivity index (χ1n) is 7.01. The fraction of sp³-hybridized carbons (Fsp3) is 0.533. The van der Waals surface area contributed by atoms with Gasteiger partial charge in [0, 0.05) is 5.69 Å². The molecular weight excluding hydrogens is 311 g/mol. The molecule has 1 aromatic rings. The Morgan fingerprint density at radius 3 is 2.71 bits per heavy atom. The largest absolute Gasteiger partial charge is 0.489 e. The monoisotopic (exact) mass is 332 g/mol. The van der Waals surface area contributed by atoms with Gasteiger partial charge in [0.25, 0.3) is 0 Å². The summed E-state index contributed by atoms with van der Waals surface area (Å²) in [6.07, 6.45) is 2.63. The Kier molecular flexibility index (Phi) is 7.29. The van der Waals surface area contributed by atoms with Gasteiger partial charge in [-0.15, -0.1) is 12.4 Å². The summed E-state index contributed by atoms with van der Waals surface area (Å²) in [5, 5.41) is 6.47. The van der Waals surface area contributed by atoms with Crippen molar-refractivity contribution in [3.05, 3.63) is 23.2 Å². The van der Waals surface area contributed by atoms with Crippen LogP contribution in [0.5, 0.6) is 5.75 Å². The minimum absolute atomic E-state index is 0. The summed E-state index contributed by atoms with van der Waals surface area (Å²) in [6, 6.07) is 5.27. The van der Waals surface area contributed by atoms with Crippen molar-refractivity contribution in [1.29, 1.82) is 0 Å². The van der Waals surface area contributed by atoms with Gasteiger partial charge >= 0.3 is 0 Å². The molecule has 0 saturated heterocycles. The molecule has 0 spiro atoms. The third-order valence-corrected chi connectivity index (χ3v) is 3.29. The minimum Gasteiger partial charge on any atom is -0.489 e. The molecule has 0 bridgehead atoms. The molecule has 2 rings (SSSR count). The highest BCUT2D eigenvalue weighted by Crippen LogP contribution is 2.28. The Hall–Kier alpha value is -0.970. The molecule has 0 unspecified atom stereocenters. The fourth-order valence-corrected chi connectivity index (χ4v) is 2.07. The van der Waals surface area contributed by atoms with E-state index < -0.39 is 0 Å². The van der Waals surface area contributed by atoms with Crippen molar-refractivity contribution in [2.75, 3.05) is 18.4 Å². The number of carbonyl (C=O) groups excluding carboxylic acids is 1. The van der Waals surface area contributed by atoms with Gasteiger partial charge in [0.2, 0.25) is 5.91 Å². The lowest BCUT2D eigenvalue weighted by atomic mass is 10.3. The van der Waals surface area contributed by atoms with Gasteiger partial charge < -0.3 is 15.4 Å². The smallest absolute Gasteiger partial charge is 0.238 e. The highest BCUT2D eigenvalue weighted by Gasteiger charge is 2.20. The molecule has 0 heterocycles. The number of anilines is 1. The molecular formula is C15H22Cl2N2O2. The summed E-state index contributed by atoms with van der Waals surface area (Å²) in [7, 11) is 0. The highest BCUT2D eigenvalue weighted by molar-refractivity contribution is 6.32. The van der Waals surface area contributed by atoms with Crippen molar-refractivity contribution in [3.8, 4) is 5.75 Å². The first-order chi connectivity index (χ1) is 9.54. The highest BCUT2D eigenvalue weighted by atomic mass is 35.5. The van der Waals surface area contributed by atoms with Gasteiger partial charge in [0.15, 0.2) is 0 Å². The molecule has 0 aromatic heterocycles. The number of halogens is 2. The molecule has 1 fully saturated rings. The van der Waals surface area contributed by atoms with E-state index in [9.17, 15) is 4.79 Å². The first kappa shape index (κ1) is 18.1. The van der Waals surface area contributed by atoms with E-state index in [-0.39, 0.29) is 24.4 Å². The summed E-state index contributed by atoms with van der Waals surface area (Å²) >= 11 is 6.12. The summed E-state index contributed by atoms with van der Waals surface area (Å²) in [5.41, 5.74) is 0.685. The quantitative estimate of drug-likeness (QED) is 0.803. The number of hydrogen-bond donors (Lipinski definition) is 2. The van der Waals surface area contributed by atoms with Gasteiger partial charge in [0.05, 0.1) is 17.7 Å². The summed E-state index contributed by atoms with van der Waals surface area (Å²) in [4.78, 5) is 11.7. The van der Waals surface area contributed by atoms with E-state index in [0.29, 0.717) is 23.0 Å². The van der Waals surface area contributed by atoms with Gasteiger partial charge in [-0.05, 0) is 57.4 Å². The number of benzene rings is 1. The Bertz CT molecular complexity index is 477. The molecule has 21 heavy (non-hydrogen) atoms. The average Bonchev–Trinajstić information content (AvgIpc) is 3.16.